The Hall–Kier alpha value is -2.33. The standard InChI is InChI=1S/C23H30N2O2/c1-4-23(26)25(21-9-6-10-22(16-21)27-3)20-11-13-24(14-12-20)17-19-8-5-7-18(2)15-19/h5-10,15-16,20H,4,11-14,17H2,1-3H3. The van der Waals surface area contributed by atoms with Crippen LogP contribution < -0.4 is 9.64 Å². The first-order valence-electron chi connectivity index (χ1n) is 9.84. The monoisotopic (exact) mass is 366 g/mol. The van der Waals surface area contributed by atoms with E-state index in [0.717, 1.165) is 43.9 Å². The summed E-state index contributed by atoms with van der Waals surface area (Å²) in [5, 5.41) is 0. The lowest BCUT2D eigenvalue weighted by molar-refractivity contribution is -0.119. The number of methoxy groups -OCH3 is 1. The van der Waals surface area contributed by atoms with Gasteiger partial charge in [0, 0.05) is 43.9 Å². The maximum Gasteiger partial charge on any atom is 0.226 e. The van der Waals surface area contributed by atoms with E-state index in [1.54, 1.807) is 7.11 Å². The minimum Gasteiger partial charge on any atom is -0.497 e. The van der Waals surface area contributed by atoms with Crippen molar-refractivity contribution < 1.29 is 9.53 Å². The quantitative estimate of drug-likeness (QED) is 0.759. The third-order valence-corrected chi connectivity index (χ3v) is 5.31. The second-order valence-electron chi connectivity index (χ2n) is 7.32. The summed E-state index contributed by atoms with van der Waals surface area (Å²) >= 11 is 0. The van der Waals surface area contributed by atoms with Gasteiger partial charge in [-0.25, -0.2) is 0 Å². The summed E-state index contributed by atoms with van der Waals surface area (Å²) in [6, 6.07) is 16.8. The molecule has 1 amide bonds. The van der Waals surface area contributed by atoms with Gasteiger partial charge in [0.05, 0.1) is 7.11 Å². The molecule has 1 aliphatic rings. The highest BCUT2D eigenvalue weighted by Crippen LogP contribution is 2.28. The number of amides is 1. The Morgan fingerprint density at radius 3 is 2.56 bits per heavy atom. The van der Waals surface area contributed by atoms with Gasteiger partial charge in [0.1, 0.15) is 5.75 Å². The Balaban J connectivity index is 1.68. The van der Waals surface area contributed by atoms with Gasteiger partial charge in [-0.15, -0.1) is 0 Å². The molecule has 0 bridgehead atoms. The summed E-state index contributed by atoms with van der Waals surface area (Å²) in [5.41, 5.74) is 3.61. The molecule has 0 spiro atoms. The van der Waals surface area contributed by atoms with Crippen LogP contribution in [-0.4, -0.2) is 37.0 Å². The average molecular weight is 367 g/mol. The van der Waals surface area contributed by atoms with Crippen LogP contribution in [0, 0.1) is 6.92 Å². The molecule has 1 fully saturated rings. The minimum absolute atomic E-state index is 0.181. The van der Waals surface area contributed by atoms with Crippen LogP contribution in [0.2, 0.25) is 0 Å². The minimum atomic E-state index is 0.181. The van der Waals surface area contributed by atoms with Gasteiger partial charge in [0.25, 0.3) is 0 Å². The molecule has 3 rings (SSSR count). The molecule has 1 aliphatic heterocycles. The van der Waals surface area contributed by atoms with Gasteiger partial charge in [0.15, 0.2) is 0 Å². The van der Waals surface area contributed by atoms with Gasteiger partial charge >= 0.3 is 0 Å². The van der Waals surface area contributed by atoms with Crippen molar-refractivity contribution in [1.29, 1.82) is 0 Å². The topological polar surface area (TPSA) is 32.8 Å². The van der Waals surface area contributed by atoms with E-state index in [0.29, 0.717) is 6.42 Å². The SMILES string of the molecule is CCC(=O)N(c1cccc(OC)c1)C1CCN(Cc2cccc(C)c2)CC1. The molecular weight excluding hydrogens is 336 g/mol. The van der Waals surface area contributed by atoms with Gasteiger partial charge in [-0.2, -0.15) is 0 Å². The predicted molar refractivity (Wildman–Crippen MR) is 110 cm³/mol. The molecule has 0 aromatic heterocycles. The molecule has 2 aromatic rings. The first-order valence-corrected chi connectivity index (χ1v) is 9.84. The molecule has 1 saturated heterocycles. The van der Waals surface area contributed by atoms with E-state index in [1.807, 2.05) is 36.1 Å². The van der Waals surface area contributed by atoms with Crippen molar-refractivity contribution in [3.8, 4) is 5.75 Å². The third kappa shape index (κ3) is 4.89. The molecule has 2 aromatic carbocycles. The number of hydrogen-bond acceptors (Lipinski definition) is 3. The van der Waals surface area contributed by atoms with Crippen LogP contribution in [0.1, 0.15) is 37.3 Å². The molecule has 0 unspecified atom stereocenters. The zero-order valence-electron chi connectivity index (χ0n) is 16.6. The smallest absolute Gasteiger partial charge is 0.226 e. The molecular formula is C23H30N2O2. The number of ether oxygens (including phenoxy) is 1. The van der Waals surface area contributed by atoms with E-state index in [2.05, 4.69) is 36.1 Å². The summed E-state index contributed by atoms with van der Waals surface area (Å²) in [5.74, 6) is 0.971. The number of aryl methyl sites for hydroxylation is 1. The number of rotatable bonds is 6. The number of hydrogen-bond donors (Lipinski definition) is 0. The number of anilines is 1. The number of piperidine rings is 1. The lowest BCUT2D eigenvalue weighted by Gasteiger charge is -2.38. The molecule has 4 heteroatoms. The van der Waals surface area contributed by atoms with Crippen molar-refractivity contribution in [2.45, 2.75) is 45.7 Å². The Kier molecular flexibility index (Phi) is 6.51. The summed E-state index contributed by atoms with van der Waals surface area (Å²) in [7, 11) is 1.66. The zero-order valence-corrected chi connectivity index (χ0v) is 16.6. The van der Waals surface area contributed by atoms with Crippen LogP contribution in [-0.2, 0) is 11.3 Å². The number of benzene rings is 2. The van der Waals surface area contributed by atoms with Crippen LogP contribution in [0.15, 0.2) is 48.5 Å². The first kappa shape index (κ1) is 19.4. The van der Waals surface area contributed by atoms with Crippen LogP contribution >= 0.6 is 0 Å². The van der Waals surface area contributed by atoms with Crippen molar-refractivity contribution in [3.05, 3.63) is 59.7 Å². The van der Waals surface area contributed by atoms with E-state index >= 15 is 0 Å². The summed E-state index contributed by atoms with van der Waals surface area (Å²) in [6.45, 7) is 7.07. The molecule has 1 heterocycles. The lowest BCUT2D eigenvalue weighted by atomic mass is 10.0. The fraction of sp³-hybridized carbons (Fsp3) is 0.435. The molecule has 0 radical (unpaired) electrons. The van der Waals surface area contributed by atoms with E-state index in [-0.39, 0.29) is 11.9 Å². The fourth-order valence-electron chi connectivity index (χ4n) is 3.89. The van der Waals surface area contributed by atoms with Gasteiger partial charge in [-0.05, 0) is 37.5 Å². The maximum atomic E-state index is 12.7. The van der Waals surface area contributed by atoms with Gasteiger partial charge in [-0.3, -0.25) is 9.69 Å². The van der Waals surface area contributed by atoms with Crippen LogP contribution in [0.3, 0.4) is 0 Å². The predicted octanol–water partition coefficient (Wildman–Crippen LogP) is 4.41. The Morgan fingerprint density at radius 2 is 1.89 bits per heavy atom. The zero-order chi connectivity index (χ0) is 19.2. The van der Waals surface area contributed by atoms with Crippen LogP contribution in [0.25, 0.3) is 0 Å². The normalized spacial score (nSPS) is 15.5. The van der Waals surface area contributed by atoms with Gasteiger partial charge < -0.3 is 9.64 Å². The Morgan fingerprint density at radius 1 is 1.15 bits per heavy atom. The van der Waals surface area contributed by atoms with E-state index in [1.165, 1.54) is 11.1 Å². The fourth-order valence-corrected chi connectivity index (χ4v) is 3.89. The Bertz CT molecular complexity index is 766. The van der Waals surface area contributed by atoms with Crippen LogP contribution in [0.4, 0.5) is 5.69 Å². The summed E-state index contributed by atoms with van der Waals surface area (Å²) < 4.78 is 5.35. The lowest BCUT2D eigenvalue weighted by Crippen LogP contribution is -2.47. The van der Waals surface area contributed by atoms with Gasteiger partial charge in [-0.1, -0.05) is 42.8 Å². The average Bonchev–Trinajstić information content (AvgIpc) is 2.69. The number of likely N-dealkylation sites (tertiary alicyclic amines) is 1. The van der Waals surface area contributed by atoms with Crippen molar-refractivity contribution in [3.63, 3.8) is 0 Å². The molecule has 0 N–H and O–H groups in total. The molecule has 27 heavy (non-hydrogen) atoms. The van der Waals surface area contributed by atoms with E-state index in [4.69, 9.17) is 4.74 Å². The van der Waals surface area contributed by atoms with E-state index in [9.17, 15) is 4.79 Å². The third-order valence-electron chi connectivity index (χ3n) is 5.31. The van der Waals surface area contributed by atoms with Crippen molar-refractivity contribution >= 4 is 11.6 Å². The summed E-state index contributed by atoms with van der Waals surface area (Å²) in [4.78, 5) is 17.2. The maximum absolute atomic E-state index is 12.7. The van der Waals surface area contributed by atoms with Gasteiger partial charge in [0.2, 0.25) is 5.91 Å². The number of carbonyl (C=O) groups excluding carboxylic acids is 1. The van der Waals surface area contributed by atoms with Crippen LogP contribution in [0.5, 0.6) is 5.75 Å². The number of nitrogens with zero attached hydrogens (tertiary/aromatic N) is 2. The highest BCUT2D eigenvalue weighted by Gasteiger charge is 2.28. The second-order valence-corrected chi connectivity index (χ2v) is 7.32. The van der Waals surface area contributed by atoms with Crippen molar-refractivity contribution in [1.82, 2.24) is 4.90 Å². The molecule has 0 saturated carbocycles. The molecule has 0 aliphatic carbocycles. The van der Waals surface area contributed by atoms with Crippen molar-refractivity contribution in [2.75, 3.05) is 25.1 Å². The first-order chi connectivity index (χ1) is 13.1. The Labute approximate surface area is 162 Å². The number of carbonyl (C=O) groups is 1. The van der Waals surface area contributed by atoms with Crippen molar-refractivity contribution in [2.24, 2.45) is 0 Å². The second kappa shape index (κ2) is 9.05. The molecule has 0 atom stereocenters. The highest BCUT2D eigenvalue weighted by molar-refractivity contribution is 5.94. The molecule has 144 valence electrons. The highest BCUT2D eigenvalue weighted by atomic mass is 16.5. The molecule has 4 nitrogen and oxygen atoms in total. The van der Waals surface area contributed by atoms with E-state index < -0.39 is 0 Å². The largest absolute Gasteiger partial charge is 0.497 e. The summed E-state index contributed by atoms with van der Waals surface area (Å²) in [6.07, 6.45) is 2.50.